The summed E-state index contributed by atoms with van der Waals surface area (Å²) in [6.07, 6.45) is 4.41. The van der Waals surface area contributed by atoms with Gasteiger partial charge in [0.2, 0.25) is 0 Å². The minimum absolute atomic E-state index is 0.189. The van der Waals surface area contributed by atoms with Gasteiger partial charge in [-0.3, -0.25) is 0 Å². The number of benzene rings is 1. The summed E-state index contributed by atoms with van der Waals surface area (Å²) in [5, 5.41) is 0. The number of hydrogen-bond donors (Lipinski definition) is 1. The number of hydrogen-bond acceptors (Lipinski definition) is 1. The average molecular weight is 165 g/mol. The van der Waals surface area contributed by atoms with Crippen LogP contribution in [0.1, 0.15) is 12.0 Å². The van der Waals surface area contributed by atoms with Gasteiger partial charge in [-0.05, 0) is 19.0 Å². The van der Waals surface area contributed by atoms with Crippen molar-refractivity contribution in [2.45, 2.75) is 6.42 Å². The van der Waals surface area contributed by atoms with E-state index in [1.807, 2.05) is 12.1 Å². The highest BCUT2D eigenvalue weighted by Gasteiger charge is 1.93. The van der Waals surface area contributed by atoms with Gasteiger partial charge < -0.3 is 5.73 Å². The van der Waals surface area contributed by atoms with Crippen LogP contribution in [0.15, 0.2) is 30.3 Å². The lowest BCUT2D eigenvalue weighted by molar-refractivity contribution is 0.625. The van der Waals surface area contributed by atoms with Crippen molar-refractivity contribution in [3.8, 4) is 0 Å². The molecular weight excluding hydrogens is 153 g/mol. The fraction of sp³-hybridized carbons (Fsp3) is 0.200. The highest BCUT2D eigenvalue weighted by molar-refractivity contribution is 5.49. The average Bonchev–Trinajstić information content (AvgIpc) is 2.09. The molecule has 0 heterocycles. The molecule has 0 aliphatic carbocycles. The molecule has 0 saturated carbocycles. The van der Waals surface area contributed by atoms with E-state index in [2.05, 4.69) is 0 Å². The zero-order valence-corrected chi connectivity index (χ0v) is 6.83. The molecule has 2 N–H and O–H groups in total. The molecule has 1 rings (SSSR count). The van der Waals surface area contributed by atoms with Gasteiger partial charge in [0.1, 0.15) is 5.82 Å². The number of halogens is 1. The Morgan fingerprint density at radius 3 is 2.75 bits per heavy atom. The summed E-state index contributed by atoms with van der Waals surface area (Å²) in [7, 11) is 0. The summed E-state index contributed by atoms with van der Waals surface area (Å²) in [5.41, 5.74) is 5.90. The van der Waals surface area contributed by atoms with Gasteiger partial charge in [-0.15, -0.1) is 0 Å². The topological polar surface area (TPSA) is 26.0 Å². The molecule has 1 aromatic carbocycles. The fourth-order valence-corrected chi connectivity index (χ4v) is 0.917. The van der Waals surface area contributed by atoms with Crippen LogP contribution in [-0.2, 0) is 0 Å². The smallest absolute Gasteiger partial charge is 0.130 e. The lowest BCUT2D eigenvalue weighted by Gasteiger charge is -1.94. The second kappa shape index (κ2) is 4.67. The Morgan fingerprint density at radius 1 is 1.33 bits per heavy atom. The van der Waals surface area contributed by atoms with Gasteiger partial charge in [-0.25, -0.2) is 4.39 Å². The van der Waals surface area contributed by atoms with E-state index in [9.17, 15) is 4.39 Å². The molecule has 1 aromatic rings. The Kier molecular flexibility index (Phi) is 3.48. The van der Waals surface area contributed by atoms with Crippen LogP contribution in [0.4, 0.5) is 4.39 Å². The van der Waals surface area contributed by atoms with Crippen molar-refractivity contribution in [3.63, 3.8) is 0 Å². The summed E-state index contributed by atoms with van der Waals surface area (Å²) in [5.74, 6) is -0.189. The molecule has 0 amide bonds. The van der Waals surface area contributed by atoms with E-state index in [0.717, 1.165) is 6.42 Å². The first kappa shape index (κ1) is 8.94. The van der Waals surface area contributed by atoms with Crippen LogP contribution < -0.4 is 5.73 Å². The summed E-state index contributed by atoms with van der Waals surface area (Å²) < 4.78 is 12.9. The second-order valence-electron chi connectivity index (χ2n) is 2.50. The van der Waals surface area contributed by atoms with Crippen molar-refractivity contribution in [2.75, 3.05) is 6.54 Å². The Bertz CT molecular complexity index is 268. The highest BCUT2D eigenvalue weighted by Crippen LogP contribution is 2.07. The monoisotopic (exact) mass is 165 g/mol. The first-order valence-electron chi connectivity index (χ1n) is 3.95. The van der Waals surface area contributed by atoms with Gasteiger partial charge in [0.25, 0.3) is 0 Å². The molecule has 0 fully saturated rings. The molecule has 0 aromatic heterocycles. The van der Waals surface area contributed by atoms with Crippen LogP contribution in [0.5, 0.6) is 0 Å². The number of nitrogens with two attached hydrogens (primary N) is 1. The largest absolute Gasteiger partial charge is 0.330 e. The third-order valence-corrected chi connectivity index (χ3v) is 1.54. The van der Waals surface area contributed by atoms with Crippen molar-refractivity contribution in [1.29, 1.82) is 0 Å². The minimum Gasteiger partial charge on any atom is -0.330 e. The molecule has 0 saturated heterocycles. The van der Waals surface area contributed by atoms with Crippen LogP contribution in [0, 0.1) is 5.82 Å². The molecule has 0 aliphatic rings. The lowest BCUT2D eigenvalue weighted by atomic mass is 10.2. The molecule has 0 radical (unpaired) electrons. The number of rotatable bonds is 3. The maximum Gasteiger partial charge on any atom is 0.130 e. The molecule has 0 aliphatic heterocycles. The quantitative estimate of drug-likeness (QED) is 0.730. The summed E-state index contributed by atoms with van der Waals surface area (Å²) >= 11 is 0. The third kappa shape index (κ3) is 2.47. The van der Waals surface area contributed by atoms with Gasteiger partial charge >= 0.3 is 0 Å². The zero-order valence-electron chi connectivity index (χ0n) is 6.83. The van der Waals surface area contributed by atoms with Crippen molar-refractivity contribution >= 4 is 6.08 Å². The zero-order chi connectivity index (χ0) is 8.81. The fourth-order valence-electron chi connectivity index (χ4n) is 0.917. The first-order valence-corrected chi connectivity index (χ1v) is 3.95. The van der Waals surface area contributed by atoms with Crippen molar-refractivity contribution in [3.05, 3.63) is 41.7 Å². The molecule has 0 atom stereocenters. The van der Waals surface area contributed by atoms with Crippen molar-refractivity contribution in [1.82, 2.24) is 0 Å². The van der Waals surface area contributed by atoms with Gasteiger partial charge in [-0.1, -0.05) is 30.4 Å². The molecule has 0 spiro atoms. The van der Waals surface area contributed by atoms with Gasteiger partial charge in [0.05, 0.1) is 0 Å². The summed E-state index contributed by atoms with van der Waals surface area (Å²) in [6, 6.07) is 6.67. The molecule has 1 nitrogen and oxygen atoms in total. The van der Waals surface area contributed by atoms with E-state index in [4.69, 9.17) is 5.73 Å². The third-order valence-electron chi connectivity index (χ3n) is 1.54. The van der Waals surface area contributed by atoms with E-state index in [-0.39, 0.29) is 5.82 Å². The molecule has 0 bridgehead atoms. The predicted molar refractivity (Wildman–Crippen MR) is 49.1 cm³/mol. The van der Waals surface area contributed by atoms with Gasteiger partial charge in [-0.2, -0.15) is 0 Å². The van der Waals surface area contributed by atoms with Crippen LogP contribution >= 0.6 is 0 Å². The standard InChI is InChI=1S/C10H12FN/c11-10-7-2-1-5-9(10)6-3-4-8-12/h1-3,5-7H,4,8,12H2/b6-3+. The molecule has 12 heavy (non-hydrogen) atoms. The second-order valence-corrected chi connectivity index (χ2v) is 2.50. The van der Waals surface area contributed by atoms with Crippen molar-refractivity contribution < 1.29 is 4.39 Å². The predicted octanol–water partition coefficient (Wildman–Crippen LogP) is 2.19. The van der Waals surface area contributed by atoms with E-state index < -0.39 is 0 Å². The van der Waals surface area contributed by atoms with E-state index in [1.54, 1.807) is 18.2 Å². The molecule has 64 valence electrons. The van der Waals surface area contributed by atoms with Crippen LogP contribution in [-0.4, -0.2) is 6.54 Å². The molecule has 0 unspecified atom stereocenters. The Morgan fingerprint density at radius 2 is 2.08 bits per heavy atom. The molecular formula is C10H12FN. The normalized spacial score (nSPS) is 10.8. The van der Waals surface area contributed by atoms with E-state index in [0.29, 0.717) is 12.1 Å². The van der Waals surface area contributed by atoms with E-state index in [1.165, 1.54) is 6.07 Å². The Balaban J connectivity index is 2.68. The Hall–Kier alpha value is -1.15. The summed E-state index contributed by atoms with van der Waals surface area (Å²) in [6.45, 7) is 0.602. The first-order chi connectivity index (χ1) is 5.84. The summed E-state index contributed by atoms with van der Waals surface area (Å²) in [4.78, 5) is 0. The van der Waals surface area contributed by atoms with Crippen LogP contribution in [0.3, 0.4) is 0 Å². The van der Waals surface area contributed by atoms with Gasteiger partial charge in [0, 0.05) is 5.56 Å². The lowest BCUT2D eigenvalue weighted by Crippen LogP contribution is -1.95. The van der Waals surface area contributed by atoms with E-state index >= 15 is 0 Å². The highest BCUT2D eigenvalue weighted by atomic mass is 19.1. The maximum absolute atomic E-state index is 12.9. The molecule has 2 heteroatoms. The minimum atomic E-state index is -0.189. The van der Waals surface area contributed by atoms with Gasteiger partial charge in [0.15, 0.2) is 0 Å². The van der Waals surface area contributed by atoms with Crippen LogP contribution in [0.2, 0.25) is 0 Å². The SMILES string of the molecule is NCC/C=C/c1ccccc1F. The van der Waals surface area contributed by atoms with Crippen molar-refractivity contribution in [2.24, 2.45) is 5.73 Å². The maximum atomic E-state index is 12.9. The van der Waals surface area contributed by atoms with Crippen LogP contribution in [0.25, 0.3) is 6.08 Å². The Labute approximate surface area is 71.7 Å².